The Morgan fingerprint density at radius 3 is 2.85 bits per heavy atom. The Kier molecular flexibility index (Phi) is 3.74. The van der Waals surface area contributed by atoms with E-state index in [-0.39, 0.29) is 0 Å². The predicted octanol–water partition coefficient (Wildman–Crippen LogP) is 3.02. The average molecular weight is 289 g/mol. The molecule has 3 aromatic rings. The van der Waals surface area contributed by atoms with Crippen LogP contribution in [0.5, 0.6) is 0 Å². The third-order valence-corrected chi connectivity index (χ3v) is 3.68. The number of benzene rings is 1. The number of aryl methyl sites for hydroxylation is 4. The monoisotopic (exact) mass is 288 g/mol. The maximum atomic E-state index is 5.90. The van der Waals surface area contributed by atoms with E-state index in [1.165, 1.54) is 11.1 Å². The molecule has 0 saturated heterocycles. The van der Waals surface area contributed by atoms with Crippen LogP contribution < -0.4 is 0 Å². The molecule has 4 nitrogen and oxygen atoms in total. The van der Waals surface area contributed by atoms with E-state index in [1.54, 1.807) is 6.20 Å². The number of rotatable bonds is 5. The molecule has 20 heavy (non-hydrogen) atoms. The number of hydrogen-bond acceptors (Lipinski definition) is 2. The Hall–Kier alpha value is -1.81. The number of nitrogens with zero attached hydrogens (tertiary/aromatic N) is 4. The Labute approximate surface area is 123 Å². The molecule has 2 aromatic heterocycles. The van der Waals surface area contributed by atoms with Gasteiger partial charge in [-0.25, -0.2) is 4.98 Å². The molecule has 1 aromatic carbocycles. The van der Waals surface area contributed by atoms with Crippen molar-refractivity contribution in [2.24, 2.45) is 0 Å². The molecule has 0 saturated carbocycles. The number of imidazole rings is 1. The third-order valence-electron chi connectivity index (χ3n) is 3.49. The van der Waals surface area contributed by atoms with Gasteiger partial charge in [-0.05, 0) is 24.6 Å². The van der Waals surface area contributed by atoms with Gasteiger partial charge in [0, 0.05) is 31.2 Å². The van der Waals surface area contributed by atoms with Gasteiger partial charge in [0.2, 0.25) is 0 Å². The van der Waals surface area contributed by atoms with Gasteiger partial charge in [0.25, 0.3) is 0 Å². The second-order valence-electron chi connectivity index (χ2n) is 4.83. The van der Waals surface area contributed by atoms with Crippen molar-refractivity contribution in [1.82, 2.24) is 19.3 Å². The first-order valence-corrected chi connectivity index (χ1v) is 7.31. The fourth-order valence-corrected chi connectivity index (χ4v) is 2.66. The molecule has 0 radical (unpaired) electrons. The molecule has 0 aliphatic heterocycles. The lowest BCUT2D eigenvalue weighted by atomic mass is 10.2. The molecule has 0 amide bonds. The molecule has 0 aliphatic rings. The van der Waals surface area contributed by atoms with Crippen LogP contribution >= 0.6 is 11.6 Å². The number of hydrogen-bond donors (Lipinski definition) is 0. The molecule has 0 N–H and O–H groups in total. The molecule has 104 valence electrons. The zero-order valence-corrected chi connectivity index (χ0v) is 12.2. The zero-order chi connectivity index (χ0) is 13.9. The second-order valence-corrected chi connectivity index (χ2v) is 5.21. The summed E-state index contributed by atoms with van der Waals surface area (Å²) in [4.78, 5) is 4.75. The summed E-state index contributed by atoms with van der Waals surface area (Å²) in [5, 5.41) is 4.25. The lowest BCUT2D eigenvalue weighted by molar-refractivity contribution is 0.530. The van der Waals surface area contributed by atoms with E-state index >= 15 is 0 Å². The predicted molar refractivity (Wildman–Crippen MR) is 81.1 cm³/mol. The Bertz CT molecular complexity index is 700. The van der Waals surface area contributed by atoms with Crippen molar-refractivity contribution < 1.29 is 0 Å². The summed E-state index contributed by atoms with van der Waals surface area (Å²) in [6, 6.07) is 8.23. The Balaban J connectivity index is 1.98. The second kappa shape index (κ2) is 5.67. The number of para-hydroxylation sites is 1. The lowest BCUT2D eigenvalue weighted by Gasteiger charge is -2.08. The van der Waals surface area contributed by atoms with Crippen LogP contribution in [0.3, 0.4) is 0 Å². The van der Waals surface area contributed by atoms with Crippen LogP contribution in [-0.2, 0) is 19.5 Å². The molecule has 0 fully saturated rings. The van der Waals surface area contributed by atoms with E-state index < -0.39 is 0 Å². The Morgan fingerprint density at radius 1 is 1.20 bits per heavy atom. The minimum Gasteiger partial charge on any atom is -0.326 e. The highest BCUT2D eigenvalue weighted by molar-refractivity contribution is 6.17. The number of alkyl halides is 1. The zero-order valence-electron chi connectivity index (χ0n) is 11.5. The van der Waals surface area contributed by atoms with Crippen molar-refractivity contribution in [2.45, 2.75) is 26.4 Å². The molecule has 0 bridgehead atoms. The van der Waals surface area contributed by atoms with Crippen LogP contribution in [0.2, 0.25) is 0 Å². The van der Waals surface area contributed by atoms with E-state index in [4.69, 9.17) is 16.6 Å². The highest BCUT2D eigenvalue weighted by Gasteiger charge is 2.11. The molecule has 0 spiro atoms. The minimum atomic E-state index is 0.587. The molecule has 2 heterocycles. The number of halogens is 1. The molecular formula is C15H17ClN4. The van der Waals surface area contributed by atoms with Crippen LogP contribution in [-0.4, -0.2) is 25.2 Å². The van der Waals surface area contributed by atoms with E-state index in [9.17, 15) is 0 Å². The van der Waals surface area contributed by atoms with E-state index in [0.29, 0.717) is 5.88 Å². The van der Waals surface area contributed by atoms with Crippen LogP contribution in [0.1, 0.15) is 11.4 Å². The van der Waals surface area contributed by atoms with Crippen LogP contribution in [0.25, 0.3) is 11.0 Å². The van der Waals surface area contributed by atoms with Gasteiger partial charge < -0.3 is 4.57 Å². The highest BCUT2D eigenvalue weighted by Crippen LogP contribution is 2.20. The van der Waals surface area contributed by atoms with Gasteiger partial charge in [0.15, 0.2) is 0 Å². The maximum absolute atomic E-state index is 5.90. The minimum absolute atomic E-state index is 0.587. The SMILES string of the molecule is Cc1cccc2c1nc(CCCl)n2CCn1cccn1. The van der Waals surface area contributed by atoms with E-state index in [1.807, 2.05) is 16.9 Å². The first-order valence-electron chi connectivity index (χ1n) is 6.77. The van der Waals surface area contributed by atoms with E-state index in [0.717, 1.165) is 30.9 Å². The van der Waals surface area contributed by atoms with Crippen molar-refractivity contribution in [3.8, 4) is 0 Å². The number of fused-ring (bicyclic) bond motifs is 1. The summed E-state index contributed by atoms with van der Waals surface area (Å²) < 4.78 is 4.19. The van der Waals surface area contributed by atoms with Gasteiger partial charge in [-0.1, -0.05) is 12.1 Å². The van der Waals surface area contributed by atoms with Crippen molar-refractivity contribution in [3.63, 3.8) is 0 Å². The van der Waals surface area contributed by atoms with Gasteiger partial charge in [-0.3, -0.25) is 4.68 Å². The third kappa shape index (κ3) is 2.43. The molecular weight excluding hydrogens is 272 g/mol. The topological polar surface area (TPSA) is 35.6 Å². The quantitative estimate of drug-likeness (QED) is 0.677. The van der Waals surface area contributed by atoms with Crippen LogP contribution in [0.4, 0.5) is 0 Å². The van der Waals surface area contributed by atoms with Crippen molar-refractivity contribution in [2.75, 3.05) is 5.88 Å². The summed E-state index contributed by atoms with van der Waals surface area (Å²) in [5.41, 5.74) is 3.46. The smallest absolute Gasteiger partial charge is 0.111 e. The summed E-state index contributed by atoms with van der Waals surface area (Å²) in [7, 11) is 0. The molecule has 0 unspecified atom stereocenters. The normalized spacial score (nSPS) is 11.3. The lowest BCUT2D eigenvalue weighted by Crippen LogP contribution is -2.11. The highest BCUT2D eigenvalue weighted by atomic mass is 35.5. The Morgan fingerprint density at radius 2 is 2.10 bits per heavy atom. The largest absolute Gasteiger partial charge is 0.326 e. The summed E-state index contributed by atoms with van der Waals surface area (Å²) in [6.07, 6.45) is 4.57. The first-order chi connectivity index (χ1) is 9.79. The summed E-state index contributed by atoms with van der Waals surface area (Å²) in [6.45, 7) is 3.78. The molecule has 3 rings (SSSR count). The van der Waals surface area contributed by atoms with Gasteiger partial charge in [0.1, 0.15) is 5.82 Å². The van der Waals surface area contributed by atoms with Crippen molar-refractivity contribution in [3.05, 3.63) is 48.0 Å². The first kappa shape index (κ1) is 13.2. The van der Waals surface area contributed by atoms with Crippen molar-refractivity contribution >= 4 is 22.6 Å². The van der Waals surface area contributed by atoms with Crippen molar-refractivity contribution in [1.29, 1.82) is 0 Å². The maximum Gasteiger partial charge on any atom is 0.111 e. The van der Waals surface area contributed by atoms with Gasteiger partial charge in [-0.15, -0.1) is 11.6 Å². The van der Waals surface area contributed by atoms with E-state index in [2.05, 4.69) is 34.8 Å². The average Bonchev–Trinajstić information content (AvgIpc) is 3.05. The van der Waals surface area contributed by atoms with Gasteiger partial charge in [0.05, 0.1) is 17.6 Å². The summed E-state index contributed by atoms with van der Waals surface area (Å²) >= 11 is 5.90. The standard InChI is InChI=1S/C15H17ClN4/c1-12-4-2-5-13-15(12)18-14(6-7-16)20(13)11-10-19-9-3-8-17-19/h2-5,8-9H,6-7,10-11H2,1H3. The van der Waals surface area contributed by atoms with Gasteiger partial charge >= 0.3 is 0 Å². The molecule has 0 aliphatic carbocycles. The fraction of sp³-hybridized carbons (Fsp3) is 0.333. The summed E-state index contributed by atoms with van der Waals surface area (Å²) in [5.74, 6) is 1.64. The molecule has 0 atom stereocenters. The number of aromatic nitrogens is 4. The van der Waals surface area contributed by atoms with Crippen LogP contribution in [0.15, 0.2) is 36.7 Å². The fourth-order valence-electron chi connectivity index (χ4n) is 2.50. The van der Waals surface area contributed by atoms with Crippen LogP contribution in [0, 0.1) is 6.92 Å². The van der Waals surface area contributed by atoms with Gasteiger partial charge in [-0.2, -0.15) is 5.10 Å². The molecule has 5 heteroatoms.